The number of pyridine rings is 1. The van der Waals surface area contributed by atoms with E-state index in [1.54, 1.807) is 6.92 Å². The van der Waals surface area contributed by atoms with Crippen LogP contribution in [0.5, 0.6) is 0 Å². The molecule has 21 heavy (non-hydrogen) atoms. The SMILES string of the molecule is Cc1cc([N+](=O)[O-])cnc1NCC1(O)CCC(C)(C)CC1. The van der Waals surface area contributed by atoms with E-state index in [2.05, 4.69) is 24.1 Å². The molecule has 6 nitrogen and oxygen atoms in total. The summed E-state index contributed by atoms with van der Waals surface area (Å²) in [5, 5.41) is 24.4. The van der Waals surface area contributed by atoms with Crippen LogP contribution in [0, 0.1) is 22.5 Å². The standard InChI is InChI=1S/C15H23N3O3/c1-11-8-12(18(20)21)9-16-13(11)17-10-15(19)6-4-14(2,3)5-7-15/h8-9,19H,4-7,10H2,1-3H3,(H,16,17). The van der Waals surface area contributed by atoms with E-state index in [-0.39, 0.29) is 5.69 Å². The molecule has 0 aliphatic heterocycles. The van der Waals surface area contributed by atoms with Gasteiger partial charge in [-0.3, -0.25) is 10.1 Å². The molecular formula is C15H23N3O3. The molecule has 1 saturated carbocycles. The summed E-state index contributed by atoms with van der Waals surface area (Å²) >= 11 is 0. The third-order valence-electron chi connectivity index (χ3n) is 4.39. The Morgan fingerprint density at radius 1 is 1.38 bits per heavy atom. The molecule has 0 amide bonds. The molecule has 1 heterocycles. The first kappa shape index (κ1) is 15.7. The van der Waals surface area contributed by atoms with Gasteiger partial charge in [0.15, 0.2) is 0 Å². The van der Waals surface area contributed by atoms with Crippen molar-refractivity contribution in [2.75, 3.05) is 11.9 Å². The van der Waals surface area contributed by atoms with Gasteiger partial charge in [-0.05, 0) is 43.6 Å². The molecule has 0 saturated heterocycles. The highest BCUT2D eigenvalue weighted by atomic mass is 16.6. The van der Waals surface area contributed by atoms with E-state index >= 15 is 0 Å². The molecule has 2 N–H and O–H groups in total. The van der Waals surface area contributed by atoms with E-state index in [0.29, 0.717) is 23.3 Å². The topological polar surface area (TPSA) is 88.3 Å². The van der Waals surface area contributed by atoms with Crippen molar-refractivity contribution < 1.29 is 10.0 Å². The van der Waals surface area contributed by atoms with E-state index in [1.807, 2.05) is 0 Å². The number of aromatic nitrogens is 1. The molecule has 0 radical (unpaired) electrons. The number of nitro groups is 1. The summed E-state index contributed by atoms with van der Waals surface area (Å²) in [6.45, 7) is 6.65. The summed E-state index contributed by atoms with van der Waals surface area (Å²) in [5.74, 6) is 0.596. The molecule has 0 atom stereocenters. The fourth-order valence-electron chi connectivity index (χ4n) is 2.66. The first-order chi connectivity index (χ1) is 9.71. The number of hydrogen-bond acceptors (Lipinski definition) is 5. The van der Waals surface area contributed by atoms with Crippen molar-refractivity contribution in [2.24, 2.45) is 5.41 Å². The molecule has 116 valence electrons. The summed E-state index contributed by atoms with van der Waals surface area (Å²) in [4.78, 5) is 14.3. The summed E-state index contributed by atoms with van der Waals surface area (Å²) in [6, 6.07) is 1.49. The summed E-state index contributed by atoms with van der Waals surface area (Å²) in [6.07, 6.45) is 4.76. The second-order valence-corrected chi connectivity index (χ2v) is 6.86. The third-order valence-corrected chi connectivity index (χ3v) is 4.39. The van der Waals surface area contributed by atoms with Crippen LogP contribution in [-0.2, 0) is 0 Å². The monoisotopic (exact) mass is 293 g/mol. The molecule has 1 fully saturated rings. The number of hydrogen-bond donors (Lipinski definition) is 2. The van der Waals surface area contributed by atoms with E-state index in [1.165, 1.54) is 12.3 Å². The molecule has 0 spiro atoms. The molecule has 1 aromatic heterocycles. The van der Waals surface area contributed by atoms with Gasteiger partial charge in [0.2, 0.25) is 0 Å². The molecule has 1 aliphatic rings. The second-order valence-electron chi connectivity index (χ2n) is 6.86. The maximum absolute atomic E-state index is 10.7. The predicted molar refractivity (Wildman–Crippen MR) is 81.3 cm³/mol. The van der Waals surface area contributed by atoms with Gasteiger partial charge in [0.25, 0.3) is 5.69 Å². The van der Waals surface area contributed by atoms with Gasteiger partial charge in [0, 0.05) is 12.6 Å². The van der Waals surface area contributed by atoms with Crippen LogP contribution < -0.4 is 5.32 Å². The predicted octanol–water partition coefficient (Wildman–Crippen LogP) is 3.04. The fourth-order valence-corrected chi connectivity index (χ4v) is 2.66. The van der Waals surface area contributed by atoms with Crippen LogP contribution in [0.15, 0.2) is 12.3 Å². The molecule has 0 aromatic carbocycles. The summed E-state index contributed by atoms with van der Waals surface area (Å²) in [7, 11) is 0. The van der Waals surface area contributed by atoms with Crippen molar-refractivity contribution in [3.63, 3.8) is 0 Å². The lowest BCUT2D eigenvalue weighted by molar-refractivity contribution is -0.385. The average Bonchev–Trinajstić information content (AvgIpc) is 2.41. The second kappa shape index (κ2) is 5.60. The minimum atomic E-state index is -0.717. The number of aryl methyl sites for hydroxylation is 1. The van der Waals surface area contributed by atoms with Crippen LogP contribution >= 0.6 is 0 Å². The molecule has 1 aromatic rings. The Bertz CT molecular complexity index is 533. The van der Waals surface area contributed by atoms with Gasteiger partial charge < -0.3 is 10.4 Å². The molecular weight excluding hydrogens is 270 g/mol. The highest BCUT2D eigenvalue weighted by molar-refractivity contribution is 5.48. The van der Waals surface area contributed by atoms with Gasteiger partial charge in [0.1, 0.15) is 12.0 Å². The minimum absolute atomic E-state index is 0.0174. The lowest BCUT2D eigenvalue weighted by atomic mass is 9.71. The quantitative estimate of drug-likeness (QED) is 0.658. The Kier molecular flexibility index (Phi) is 4.18. The molecule has 0 bridgehead atoms. The molecule has 2 rings (SSSR count). The Hall–Kier alpha value is -1.69. The van der Waals surface area contributed by atoms with Crippen molar-refractivity contribution in [1.29, 1.82) is 0 Å². The zero-order valence-electron chi connectivity index (χ0n) is 12.8. The van der Waals surface area contributed by atoms with Crippen LogP contribution in [0.1, 0.15) is 45.1 Å². The van der Waals surface area contributed by atoms with Crippen molar-refractivity contribution in [3.8, 4) is 0 Å². The minimum Gasteiger partial charge on any atom is -0.388 e. The van der Waals surface area contributed by atoms with Crippen molar-refractivity contribution in [3.05, 3.63) is 27.9 Å². The van der Waals surface area contributed by atoms with E-state index in [4.69, 9.17) is 0 Å². The molecule has 1 aliphatic carbocycles. The van der Waals surface area contributed by atoms with E-state index in [0.717, 1.165) is 25.7 Å². The van der Waals surface area contributed by atoms with Crippen LogP contribution in [0.25, 0.3) is 0 Å². The van der Waals surface area contributed by atoms with Crippen molar-refractivity contribution in [2.45, 2.75) is 52.1 Å². The Labute approximate surface area is 124 Å². The van der Waals surface area contributed by atoms with Gasteiger partial charge in [-0.25, -0.2) is 4.98 Å². The maximum Gasteiger partial charge on any atom is 0.287 e. The van der Waals surface area contributed by atoms with Gasteiger partial charge in [0.05, 0.1) is 10.5 Å². The van der Waals surface area contributed by atoms with E-state index < -0.39 is 10.5 Å². The number of nitrogens with zero attached hydrogens (tertiary/aromatic N) is 2. The van der Waals surface area contributed by atoms with Gasteiger partial charge in [-0.2, -0.15) is 0 Å². The number of aliphatic hydroxyl groups is 1. The fraction of sp³-hybridized carbons (Fsp3) is 0.667. The normalized spacial score (nSPS) is 20.0. The average molecular weight is 293 g/mol. The number of rotatable bonds is 4. The maximum atomic E-state index is 10.7. The van der Waals surface area contributed by atoms with E-state index in [9.17, 15) is 15.2 Å². The first-order valence-corrected chi connectivity index (χ1v) is 7.28. The largest absolute Gasteiger partial charge is 0.388 e. The molecule has 0 unspecified atom stereocenters. The van der Waals surface area contributed by atoms with Crippen LogP contribution in [0.2, 0.25) is 0 Å². The van der Waals surface area contributed by atoms with Crippen molar-refractivity contribution >= 4 is 11.5 Å². The molecule has 6 heteroatoms. The summed E-state index contributed by atoms with van der Waals surface area (Å²) in [5.41, 5.74) is 0.277. The zero-order valence-corrected chi connectivity index (χ0v) is 12.8. The third kappa shape index (κ3) is 3.91. The Balaban J connectivity index is 1.98. The van der Waals surface area contributed by atoms with Crippen LogP contribution in [-0.4, -0.2) is 27.2 Å². The first-order valence-electron chi connectivity index (χ1n) is 7.28. The highest BCUT2D eigenvalue weighted by Gasteiger charge is 2.36. The van der Waals surface area contributed by atoms with Gasteiger partial charge in [-0.15, -0.1) is 0 Å². The van der Waals surface area contributed by atoms with Gasteiger partial charge in [-0.1, -0.05) is 13.8 Å². The van der Waals surface area contributed by atoms with Crippen molar-refractivity contribution in [1.82, 2.24) is 4.98 Å². The Morgan fingerprint density at radius 3 is 2.52 bits per heavy atom. The number of nitrogens with one attached hydrogen (secondary N) is 1. The number of anilines is 1. The van der Waals surface area contributed by atoms with Crippen LogP contribution in [0.4, 0.5) is 11.5 Å². The van der Waals surface area contributed by atoms with Gasteiger partial charge >= 0.3 is 0 Å². The Morgan fingerprint density at radius 2 is 2.00 bits per heavy atom. The zero-order chi connectivity index (χ0) is 15.7. The lowest BCUT2D eigenvalue weighted by Gasteiger charge is -2.40. The van der Waals surface area contributed by atoms with Crippen LogP contribution in [0.3, 0.4) is 0 Å². The summed E-state index contributed by atoms with van der Waals surface area (Å²) < 4.78 is 0. The lowest BCUT2D eigenvalue weighted by Crippen LogP contribution is -2.42. The smallest absolute Gasteiger partial charge is 0.287 e. The highest BCUT2D eigenvalue weighted by Crippen LogP contribution is 2.40.